The number of carboxylic acids is 1. The first-order valence-corrected chi connectivity index (χ1v) is 4.94. The van der Waals surface area contributed by atoms with Crippen molar-refractivity contribution in [3.05, 3.63) is 0 Å². The first-order valence-electron chi connectivity index (χ1n) is 4.94. The first kappa shape index (κ1) is 11.8. The third-order valence-electron chi connectivity index (χ3n) is 2.36. The summed E-state index contributed by atoms with van der Waals surface area (Å²) < 4.78 is 4.80. The lowest BCUT2D eigenvalue weighted by atomic mass is 9.95. The molecule has 0 aliphatic carbocycles. The maximum atomic E-state index is 11.4. The second kappa shape index (κ2) is 4.97. The van der Waals surface area contributed by atoms with Crippen molar-refractivity contribution in [3.63, 3.8) is 0 Å². The van der Waals surface area contributed by atoms with Gasteiger partial charge in [-0.1, -0.05) is 0 Å². The van der Waals surface area contributed by atoms with Crippen LogP contribution < -0.4 is 5.73 Å². The fourth-order valence-electron chi connectivity index (χ4n) is 1.68. The molecule has 1 aliphatic rings. The molecule has 0 aromatic heterocycles. The average Bonchev–Trinajstić information content (AvgIpc) is 2.17. The molecule has 86 valence electrons. The van der Waals surface area contributed by atoms with Crippen molar-refractivity contribution in [3.8, 4) is 0 Å². The van der Waals surface area contributed by atoms with E-state index in [1.807, 2.05) is 0 Å². The number of likely N-dealkylation sites (tertiary alicyclic amines) is 1. The van der Waals surface area contributed by atoms with Crippen LogP contribution in [0.5, 0.6) is 0 Å². The van der Waals surface area contributed by atoms with Gasteiger partial charge < -0.3 is 20.5 Å². The standard InChI is InChI=1S/C9H16N2O4/c1-2-15-9(14)11-4-6(8(12)13)3-7(10)5-11/h6-7H,2-5,10H2,1H3,(H,12,13). The number of amides is 1. The number of piperidine rings is 1. The number of hydrogen-bond acceptors (Lipinski definition) is 4. The number of carbonyl (C=O) groups excluding carboxylic acids is 1. The van der Waals surface area contributed by atoms with Crippen LogP contribution in [-0.4, -0.2) is 47.8 Å². The van der Waals surface area contributed by atoms with Crippen LogP contribution in [0.25, 0.3) is 0 Å². The van der Waals surface area contributed by atoms with Crippen molar-refractivity contribution in [2.24, 2.45) is 11.7 Å². The van der Waals surface area contributed by atoms with E-state index in [9.17, 15) is 9.59 Å². The quantitative estimate of drug-likeness (QED) is 0.671. The zero-order valence-electron chi connectivity index (χ0n) is 8.68. The maximum absolute atomic E-state index is 11.4. The zero-order chi connectivity index (χ0) is 11.4. The van der Waals surface area contributed by atoms with Gasteiger partial charge in [0.2, 0.25) is 0 Å². The predicted octanol–water partition coefficient (Wildman–Crippen LogP) is -0.123. The van der Waals surface area contributed by atoms with Gasteiger partial charge in [-0.15, -0.1) is 0 Å². The number of nitrogens with zero attached hydrogens (tertiary/aromatic N) is 1. The topological polar surface area (TPSA) is 92.9 Å². The Bertz CT molecular complexity index is 256. The monoisotopic (exact) mass is 216 g/mol. The Kier molecular flexibility index (Phi) is 3.90. The number of nitrogens with two attached hydrogens (primary N) is 1. The molecule has 0 bridgehead atoms. The van der Waals surface area contributed by atoms with Gasteiger partial charge in [-0.2, -0.15) is 0 Å². The SMILES string of the molecule is CCOC(=O)N1CC(N)CC(C(=O)O)C1. The summed E-state index contributed by atoms with van der Waals surface area (Å²) in [6, 6.07) is -0.288. The van der Waals surface area contributed by atoms with Gasteiger partial charge in [0.05, 0.1) is 12.5 Å². The summed E-state index contributed by atoms with van der Waals surface area (Å²) >= 11 is 0. The molecule has 0 saturated carbocycles. The van der Waals surface area contributed by atoms with Crippen LogP contribution in [-0.2, 0) is 9.53 Å². The summed E-state index contributed by atoms with van der Waals surface area (Å²) in [5, 5.41) is 8.85. The maximum Gasteiger partial charge on any atom is 0.409 e. The number of hydrogen-bond donors (Lipinski definition) is 2. The number of rotatable bonds is 2. The molecule has 1 saturated heterocycles. The van der Waals surface area contributed by atoms with E-state index in [0.717, 1.165) is 0 Å². The summed E-state index contributed by atoms with van der Waals surface area (Å²) in [6.07, 6.45) is -0.0792. The van der Waals surface area contributed by atoms with Crippen LogP contribution in [0, 0.1) is 5.92 Å². The van der Waals surface area contributed by atoms with Gasteiger partial charge in [0.1, 0.15) is 0 Å². The minimum Gasteiger partial charge on any atom is -0.481 e. The van der Waals surface area contributed by atoms with Crippen molar-refractivity contribution in [2.75, 3.05) is 19.7 Å². The second-order valence-electron chi connectivity index (χ2n) is 3.63. The zero-order valence-corrected chi connectivity index (χ0v) is 8.68. The summed E-state index contributed by atoms with van der Waals surface area (Å²) in [5.41, 5.74) is 5.67. The Balaban J connectivity index is 2.58. The molecule has 0 spiro atoms. The van der Waals surface area contributed by atoms with Gasteiger partial charge in [-0.3, -0.25) is 4.79 Å². The third kappa shape index (κ3) is 3.09. The Morgan fingerprint density at radius 3 is 2.73 bits per heavy atom. The van der Waals surface area contributed by atoms with E-state index in [0.29, 0.717) is 13.0 Å². The highest BCUT2D eigenvalue weighted by atomic mass is 16.6. The molecule has 6 heteroatoms. The smallest absolute Gasteiger partial charge is 0.409 e. The van der Waals surface area contributed by atoms with Crippen LogP contribution >= 0.6 is 0 Å². The number of carboxylic acid groups (broad SMARTS) is 1. The lowest BCUT2D eigenvalue weighted by Crippen LogP contribution is -2.51. The van der Waals surface area contributed by atoms with Crippen molar-refractivity contribution < 1.29 is 19.4 Å². The van der Waals surface area contributed by atoms with E-state index in [1.54, 1.807) is 6.92 Å². The second-order valence-corrected chi connectivity index (χ2v) is 3.63. The normalized spacial score (nSPS) is 26.1. The Hall–Kier alpha value is -1.30. The molecule has 3 N–H and O–H groups in total. The van der Waals surface area contributed by atoms with Crippen LogP contribution in [0.15, 0.2) is 0 Å². The Labute approximate surface area is 88.0 Å². The molecule has 1 heterocycles. The molecule has 6 nitrogen and oxygen atoms in total. The summed E-state index contributed by atoms with van der Waals surface area (Å²) in [6.45, 7) is 2.53. The van der Waals surface area contributed by atoms with Gasteiger partial charge in [0, 0.05) is 19.1 Å². The fourth-order valence-corrected chi connectivity index (χ4v) is 1.68. The van der Waals surface area contributed by atoms with Gasteiger partial charge in [0.25, 0.3) is 0 Å². The third-order valence-corrected chi connectivity index (χ3v) is 2.36. The lowest BCUT2D eigenvalue weighted by molar-refractivity contribution is -0.143. The van der Waals surface area contributed by atoms with Crippen molar-refractivity contribution >= 4 is 12.1 Å². The molecular weight excluding hydrogens is 200 g/mol. The van der Waals surface area contributed by atoms with Crippen LogP contribution in [0.4, 0.5) is 4.79 Å². The summed E-state index contributed by atoms with van der Waals surface area (Å²) in [4.78, 5) is 23.5. The molecule has 1 aliphatic heterocycles. The molecule has 0 aromatic carbocycles. The van der Waals surface area contributed by atoms with E-state index in [4.69, 9.17) is 15.6 Å². The van der Waals surface area contributed by atoms with Crippen LogP contribution in [0.3, 0.4) is 0 Å². The van der Waals surface area contributed by atoms with Crippen molar-refractivity contribution in [2.45, 2.75) is 19.4 Å². The highest BCUT2D eigenvalue weighted by Gasteiger charge is 2.32. The predicted molar refractivity (Wildman–Crippen MR) is 52.3 cm³/mol. The molecule has 1 rings (SSSR count). The molecule has 2 atom stereocenters. The first-order chi connectivity index (χ1) is 7.04. The molecular formula is C9H16N2O4. The molecule has 2 unspecified atom stereocenters. The largest absolute Gasteiger partial charge is 0.481 e. The molecule has 1 fully saturated rings. The number of aliphatic carboxylic acids is 1. The van der Waals surface area contributed by atoms with Crippen molar-refractivity contribution in [1.29, 1.82) is 0 Å². The number of carbonyl (C=O) groups is 2. The Morgan fingerprint density at radius 1 is 1.53 bits per heavy atom. The van der Waals surface area contributed by atoms with Gasteiger partial charge >= 0.3 is 12.1 Å². The lowest BCUT2D eigenvalue weighted by Gasteiger charge is -2.33. The molecule has 1 amide bonds. The summed E-state index contributed by atoms with van der Waals surface area (Å²) in [7, 11) is 0. The van der Waals surface area contributed by atoms with E-state index in [1.165, 1.54) is 4.90 Å². The summed E-state index contributed by atoms with van der Waals surface area (Å²) in [5.74, 6) is -1.50. The Morgan fingerprint density at radius 2 is 2.20 bits per heavy atom. The highest BCUT2D eigenvalue weighted by molar-refractivity contribution is 5.73. The van der Waals surface area contributed by atoms with Crippen LogP contribution in [0.1, 0.15) is 13.3 Å². The van der Waals surface area contributed by atoms with E-state index >= 15 is 0 Å². The molecule has 0 radical (unpaired) electrons. The van der Waals surface area contributed by atoms with E-state index in [2.05, 4.69) is 0 Å². The molecule has 0 aromatic rings. The van der Waals surface area contributed by atoms with Gasteiger partial charge in [-0.05, 0) is 13.3 Å². The van der Waals surface area contributed by atoms with E-state index in [-0.39, 0.29) is 19.2 Å². The fraction of sp³-hybridized carbons (Fsp3) is 0.778. The van der Waals surface area contributed by atoms with Crippen molar-refractivity contribution in [1.82, 2.24) is 4.90 Å². The highest BCUT2D eigenvalue weighted by Crippen LogP contribution is 2.16. The van der Waals surface area contributed by atoms with Gasteiger partial charge in [0.15, 0.2) is 0 Å². The van der Waals surface area contributed by atoms with Crippen LogP contribution in [0.2, 0.25) is 0 Å². The molecule has 15 heavy (non-hydrogen) atoms. The average molecular weight is 216 g/mol. The minimum atomic E-state index is -0.917. The van der Waals surface area contributed by atoms with E-state index < -0.39 is 18.0 Å². The minimum absolute atomic E-state index is 0.182. The van der Waals surface area contributed by atoms with Gasteiger partial charge in [-0.25, -0.2) is 4.79 Å². The number of ether oxygens (including phenoxy) is 1.